The van der Waals surface area contributed by atoms with Gasteiger partial charge >= 0.3 is 0 Å². The first-order chi connectivity index (χ1) is 11.1. The van der Waals surface area contributed by atoms with Crippen molar-refractivity contribution in [3.63, 3.8) is 0 Å². The van der Waals surface area contributed by atoms with E-state index in [2.05, 4.69) is 9.97 Å². The van der Waals surface area contributed by atoms with Crippen LogP contribution in [0.3, 0.4) is 0 Å². The molecule has 0 radical (unpaired) electrons. The van der Waals surface area contributed by atoms with Crippen molar-refractivity contribution < 1.29 is 4.79 Å². The van der Waals surface area contributed by atoms with Crippen molar-refractivity contribution in [2.45, 2.75) is 6.92 Å². The molecule has 0 spiro atoms. The van der Waals surface area contributed by atoms with Crippen molar-refractivity contribution in [2.24, 2.45) is 0 Å². The highest BCUT2D eigenvalue weighted by Gasteiger charge is 2.15. The Morgan fingerprint density at radius 2 is 1.61 bits per heavy atom. The fraction of sp³-hybridized carbons (Fsp3) is 0.0556. The molecular formula is C18H14ClN3O. The van der Waals surface area contributed by atoms with Crippen molar-refractivity contribution >= 4 is 34.7 Å². The van der Waals surface area contributed by atoms with Crippen LogP contribution in [0.1, 0.15) is 17.3 Å². The number of carbonyl (C=O) groups excluding carboxylic acids is 1. The maximum absolute atomic E-state index is 11.4. The van der Waals surface area contributed by atoms with E-state index in [4.69, 9.17) is 11.6 Å². The van der Waals surface area contributed by atoms with E-state index < -0.39 is 0 Å². The Bertz CT molecular complexity index is 819. The number of anilines is 3. The van der Waals surface area contributed by atoms with Crippen LogP contribution in [-0.2, 0) is 0 Å². The second-order valence-electron chi connectivity index (χ2n) is 4.98. The van der Waals surface area contributed by atoms with Crippen LogP contribution >= 0.6 is 11.6 Å². The molecule has 1 aromatic heterocycles. The minimum atomic E-state index is -0.0643. The Morgan fingerprint density at radius 1 is 0.957 bits per heavy atom. The van der Waals surface area contributed by atoms with Crippen LogP contribution in [0.2, 0.25) is 5.02 Å². The zero-order chi connectivity index (χ0) is 16.2. The number of rotatable bonds is 4. The van der Waals surface area contributed by atoms with Gasteiger partial charge in [0.15, 0.2) is 5.78 Å². The van der Waals surface area contributed by atoms with Gasteiger partial charge in [0.1, 0.15) is 0 Å². The lowest BCUT2D eigenvalue weighted by molar-refractivity contribution is 0.101. The average molecular weight is 324 g/mol. The normalized spacial score (nSPS) is 10.3. The average Bonchev–Trinajstić information content (AvgIpc) is 2.57. The molecule has 114 valence electrons. The molecule has 2 aromatic carbocycles. The summed E-state index contributed by atoms with van der Waals surface area (Å²) in [7, 11) is 0. The van der Waals surface area contributed by atoms with Gasteiger partial charge in [-0.1, -0.05) is 35.9 Å². The maximum atomic E-state index is 11.4. The van der Waals surface area contributed by atoms with Crippen molar-refractivity contribution in [3.05, 3.63) is 77.6 Å². The number of Topliss-reactive ketones (excluding diaryl/α,β-unsaturated/α-hetero) is 1. The highest BCUT2D eigenvalue weighted by Crippen LogP contribution is 2.32. The summed E-state index contributed by atoms with van der Waals surface area (Å²) in [4.78, 5) is 22.0. The number of ketones is 1. The molecule has 0 saturated carbocycles. The Hall–Kier alpha value is -2.72. The van der Waals surface area contributed by atoms with Crippen LogP contribution in [0.15, 0.2) is 67.0 Å². The fourth-order valence-corrected chi connectivity index (χ4v) is 2.38. The summed E-state index contributed by atoms with van der Waals surface area (Å²) in [6.45, 7) is 1.49. The zero-order valence-corrected chi connectivity index (χ0v) is 13.2. The van der Waals surface area contributed by atoms with Gasteiger partial charge in [-0.2, -0.15) is 0 Å². The third-order valence-corrected chi connectivity index (χ3v) is 3.56. The second kappa shape index (κ2) is 6.58. The van der Waals surface area contributed by atoms with E-state index in [0.717, 1.165) is 11.4 Å². The highest BCUT2D eigenvalue weighted by atomic mass is 35.5. The van der Waals surface area contributed by atoms with Crippen LogP contribution in [-0.4, -0.2) is 15.8 Å². The molecular weight excluding hydrogens is 310 g/mol. The van der Waals surface area contributed by atoms with Crippen LogP contribution < -0.4 is 4.90 Å². The smallest absolute Gasteiger partial charge is 0.234 e. The Balaban J connectivity index is 2.10. The molecule has 0 saturated heterocycles. The van der Waals surface area contributed by atoms with Crippen LogP contribution in [0.5, 0.6) is 0 Å². The number of aromatic nitrogens is 2. The highest BCUT2D eigenvalue weighted by molar-refractivity contribution is 6.30. The molecule has 0 unspecified atom stereocenters. The van der Waals surface area contributed by atoms with Gasteiger partial charge in [0, 0.05) is 23.1 Å². The SMILES string of the molecule is CC(=O)c1cnc(N(c2ccccc2)c2cccc(Cl)c2)nc1. The molecule has 5 heteroatoms. The summed E-state index contributed by atoms with van der Waals surface area (Å²) in [6, 6.07) is 17.2. The van der Waals surface area contributed by atoms with Crippen LogP contribution in [0.25, 0.3) is 0 Å². The first-order valence-electron chi connectivity index (χ1n) is 7.09. The first-order valence-corrected chi connectivity index (χ1v) is 7.46. The Kier molecular flexibility index (Phi) is 4.35. The summed E-state index contributed by atoms with van der Waals surface area (Å²) >= 11 is 6.12. The van der Waals surface area contributed by atoms with Crippen molar-refractivity contribution in [2.75, 3.05) is 4.90 Å². The number of benzene rings is 2. The monoisotopic (exact) mass is 323 g/mol. The largest absolute Gasteiger partial charge is 0.294 e. The third kappa shape index (κ3) is 3.38. The van der Waals surface area contributed by atoms with E-state index in [9.17, 15) is 4.79 Å². The van der Waals surface area contributed by atoms with Crippen LogP contribution in [0.4, 0.5) is 17.3 Å². The minimum Gasteiger partial charge on any atom is -0.294 e. The van der Waals surface area contributed by atoms with Gasteiger partial charge < -0.3 is 0 Å². The second-order valence-corrected chi connectivity index (χ2v) is 5.42. The van der Waals surface area contributed by atoms with Gasteiger partial charge in [0.25, 0.3) is 0 Å². The van der Waals surface area contributed by atoms with Crippen LogP contribution in [0, 0.1) is 0 Å². The van der Waals surface area contributed by atoms with Gasteiger partial charge in [-0.25, -0.2) is 9.97 Å². The molecule has 0 aliphatic rings. The van der Waals surface area contributed by atoms with E-state index in [0.29, 0.717) is 16.5 Å². The summed E-state index contributed by atoms with van der Waals surface area (Å²) in [5.74, 6) is 0.411. The Labute approximate surface area is 139 Å². The summed E-state index contributed by atoms with van der Waals surface area (Å²) < 4.78 is 0. The number of para-hydroxylation sites is 1. The van der Waals surface area contributed by atoms with Crippen molar-refractivity contribution in [3.8, 4) is 0 Å². The molecule has 0 N–H and O–H groups in total. The Morgan fingerprint density at radius 3 is 2.22 bits per heavy atom. The van der Waals surface area contributed by atoms with Gasteiger partial charge in [0.2, 0.25) is 5.95 Å². The number of hydrogen-bond acceptors (Lipinski definition) is 4. The van der Waals surface area contributed by atoms with Crippen molar-refractivity contribution in [1.82, 2.24) is 9.97 Å². The molecule has 0 atom stereocenters. The van der Waals surface area contributed by atoms with E-state index >= 15 is 0 Å². The van der Waals surface area contributed by atoms with Crippen molar-refractivity contribution in [1.29, 1.82) is 0 Å². The minimum absolute atomic E-state index is 0.0643. The topological polar surface area (TPSA) is 46.1 Å². The summed E-state index contributed by atoms with van der Waals surface area (Å²) in [5.41, 5.74) is 2.23. The molecule has 0 amide bonds. The maximum Gasteiger partial charge on any atom is 0.234 e. The van der Waals surface area contributed by atoms with Gasteiger partial charge in [-0.3, -0.25) is 9.69 Å². The number of halogens is 1. The number of carbonyl (C=O) groups is 1. The lowest BCUT2D eigenvalue weighted by Crippen LogP contribution is -2.13. The third-order valence-electron chi connectivity index (χ3n) is 3.33. The van der Waals surface area contributed by atoms with E-state index in [1.807, 2.05) is 59.5 Å². The van der Waals surface area contributed by atoms with E-state index in [1.165, 1.54) is 19.3 Å². The predicted molar refractivity (Wildman–Crippen MR) is 91.7 cm³/mol. The molecule has 0 aliphatic heterocycles. The quantitative estimate of drug-likeness (QED) is 0.647. The molecule has 23 heavy (non-hydrogen) atoms. The molecule has 3 rings (SSSR count). The fourth-order valence-electron chi connectivity index (χ4n) is 2.19. The first kappa shape index (κ1) is 15.2. The number of nitrogens with zero attached hydrogens (tertiary/aromatic N) is 3. The molecule has 3 aromatic rings. The van der Waals surface area contributed by atoms with Gasteiger partial charge in [-0.15, -0.1) is 0 Å². The molecule has 0 aliphatic carbocycles. The molecule has 0 bridgehead atoms. The van der Waals surface area contributed by atoms with E-state index in [1.54, 1.807) is 0 Å². The summed E-state index contributed by atoms with van der Waals surface area (Å²) in [5, 5.41) is 0.629. The van der Waals surface area contributed by atoms with E-state index in [-0.39, 0.29) is 5.78 Å². The van der Waals surface area contributed by atoms with Gasteiger partial charge in [0.05, 0.1) is 11.3 Å². The molecule has 1 heterocycles. The lowest BCUT2D eigenvalue weighted by atomic mass is 10.2. The summed E-state index contributed by atoms with van der Waals surface area (Å²) in [6.07, 6.45) is 3.07. The standard InChI is InChI=1S/C18H14ClN3O/c1-13(23)14-11-20-18(21-12-14)22(16-7-3-2-4-8-16)17-9-5-6-15(19)10-17/h2-12H,1H3. The predicted octanol–water partition coefficient (Wildman–Crippen LogP) is 4.80. The molecule has 0 fully saturated rings. The number of hydrogen-bond donors (Lipinski definition) is 0. The lowest BCUT2D eigenvalue weighted by Gasteiger charge is -2.23. The van der Waals surface area contributed by atoms with Gasteiger partial charge in [-0.05, 0) is 37.3 Å². The molecule has 4 nitrogen and oxygen atoms in total. The zero-order valence-electron chi connectivity index (χ0n) is 12.5.